The van der Waals surface area contributed by atoms with Crippen molar-refractivity contribution in [3.8, 4) is 0 Å². The molecule has 1 saturated heterocycles. The molecular weight excluding hydrogens is 296 g/mol. The van der Waals surface area contributed by atoms with Crippen molar-refractivity contribution in [1.82, 2.24) is 4.90 Å². The van der Waals surface area contributed by atoms with Gasteiger partial charge in [-0.15, -0.1) is 0 Å². The number of nitrogens with one attached hydrogen (secondary N) is 1. The Labute approximate surface area is 135 Å². The summed E-state index contributed by atoms with van der Waals surface area (Å²) >= 11 is 0. The van der Waals surface area contributed by atoms with Gasteiger partial charge in [0.25, 0.3) is 0 Å². The van der Waals surface area contributed by atoms with E-state index in [0.29, 0.717) is 12.2 Å². The van der Waals surface area contributed by atoms with Gasteiger partial charge < -0.3 is 15.0 Å². The van der Waals surface area contributed by atoms with E-state index in [1.807, 2.05) is 31.2 Å². The number of amides is 2. The Morgan fingerprint density at radius 1 is 1.35 bits per heavy atom. The number of likely N-dealkylation sites (tertiary alicyclic amines) is 1. The summed E-state index contributed by atoms with van der Waals surface area (Å²) in [5.41, 5.74) is 1.83. The first-order valence-corrected chi connectivity index (χ1v) is 7.89. The zero-order valence-corrected chi connectivity index (χ0v) is 13.5. The molecule has 0 saturated carbocycles. The van der Waals surface area contributed by atoms with Crippen LogP contribution >= 0.6 is 0 Å². The molecule has 1 aliphatic heterocycles. The molecule has 0 spiro atoms. The van der Waals surface area contributed by atoms with Gasteiger partial charge in [-0.1, -0.05) is 19.1 Å². The maximum Gasteiger partial charge on any atom is 0.321 e. The Hall–Kier alpha value is -2.37. The fourth-order valence-corrected chi connectivity index (χ4v) is 2.54. The third-order valence-electron chi connectivity index (χ3n) is 3.86. The lowest BCUT2D eigenvalue weighted by Gasteiger charge is -2.30. The second kappa shape index (κ2) is 7.76. The lowest BCUT2D eigenvalue weighted by molar-refractivity contribution is -0.153. The maximum atomic E-state index is 12.4. The quantitative estimate of drug-likeness (QED) is 0.682. The highest BCUT2D eigenvalue weighted by Crippen LogP contribution is 2.17. The predicted molar refractivity (Wildman–Crippen MR) is 86.2 cm³/mol. The molecule has 1 N–H and O–H groups in total. The molecule has 1 aromatic rings. The predicted octanol–water partition coefficient (Wildman–Crippen LogP) is 2.24. The number of nitrogens with zero attached hydrogens (tertiary/aromatic N) is 1. The molecule has 23 heavy (non-hydrogen) atoms. The summed E-state index contributed by atoms with van der Waals surface area (Å²) in [7, 11) is 0. The molecule has 0 bridgehead atoms. The van der Waals surface area contributed by atoms with Crippen molar-refractivity contribution >= 4 is 23.5 Å². The van der Waals surface area contributed by atoms with E-state index >= 15 is 0 Å². The molecule has 1 aromatic carbocycles. The summed E-state index contributed by atoms with van der Waals surface area (Å²) in [6.07, 6.45) is 1.05. The number of aryl methyl sites for hydroxylation is 1. The van der Waals surface area contributed by atoms with Gasteiger partial charge in [0.15, 0.2) is 5.78 Å². The van der Waals surface area contributed by atoms with E-state index < -0.39 is 11.9 Å². The lowest BCUT2D eigenvalue weighted by atomic mass is 9.97. The standard InChI is InChI=1S/C17H22N2O4/c1-3-12-6-5-7-13(10-12)18-17(22)19-9-8-15(20)14(11-19)16(21)23-4-2/h5-7,10,14H,3-4,8-9,11H2,1-2H3,(H,18,22). The molecular formula is C17H22N2O4. The molecule has 6 nitrogen and oxygen atoms in total. The van der Waals surface area contributed by atoms with Crippen molar-refractivity contribution in [3.05, 3.63) is 29.8 Å². The SMILES string of the molecule is CCOC(=O)C1CN(C(=O)Nc2cccc(CC)c2)CCC1=O. The van der Waals surface area contributed by atoms with Gasteiger partial charge in [-0.3, -0.25) is 9.59 Å². The molecule has 1 aliphatic rings. The van der Waals surface area contributed by atoms with Crippen molar-refractivity contribution in [3.63, 3.8) is 0 Å². The van der Waals surface area contributed by atoms with Crippen LogP contribution < -0.4 is 5.32 Å². The van der Waals surface area contributed by atoms with Gasteiger partial charge in [-0.2, -0.15) is 0 Å². The molecule has 1 heterocycles. The summed E-state index contributed by atoms with van der Waals surface area (Å²) in [6.45, 7) is 4.33. The number of ether oxygens (including phenoxy) is 1. The van der Waals surface area contributed by atoms with Crippen LogP contribution in [0.25, 0.3) is 0 Å². The Balaban J connectivity index is 2.01. The molecule has 1 unspecified atom stereocenters. The molecule has 0 radical (unpaired) electrons. The fraction of sp³-hybridized carbons (Fsp3) is 0.471. The van der Waals surface area contributed by atoms with E-state index in [9.17, 15) is 14.4 Å². The number of hydrogen-bond acceptors (Lipinski definition) is 4. The second-order valence-corrected chi connectivity index (χ2v) is 5.45. The number of hydrogen-bond donors (Lipinski definition) is 1. The normalized spacial score (nSPS) is 17.7. The average molecular weight is 318 g/mol. The monoisotopic (exact) mass is 318 g/mol. The van der Waals surface area contributed by atoms with Crippen molar-refractivity contribution in [2.45, 2.75) is 26.7 Å². The van der Waals surface area contributed by atoms with Crippen LogP contribution in [0.4, 0.5) is 10.5 Å². The number of carbonyl (C=O) groups excluding carboxylic acids is 3. The van der Waals surface area contributed by atoms with Crippen LogP contribution in [0, 0.1) is 5.92 Å². The number of anilines is 1. The van der Waals surface area contributed by atoms with Crippen LogP contribution in [0.15, 0.2) is 24.3 Å². The topological polar surface area (TPSA) is 75.7 Å². The van der Waals surface area contributed by atoms with E-state index in [1.165, 1.54) is 4.90 Å². The van der Waals surface area contributed by atoms with Gasteiger partial charge in [-0.25, -0.2) is 4.79 Å². The highest BCUT2D eigenvalue weighted by atomic mass is 16.5. The first-order chi connectivity index (χ1) is 11.0. The molecule has 0 aliphatic carbocycles. The summed E-state index contributed by atoms with van der Waals surface area (Å²) < 4.78 is 4.91. The minimum Gasteiger partial charge on any atom is -0.465 e. The van der Waals surface area contributed by atoms with E-state index in [1.54, 1.807) is 6.92 Å². The van der Waals surface area contributed by atoms with Gasteiger partial charge in [0.05, 0.1) is 6.61 Å². The number of esters is 1. The molecule has 6 heteroatoms. The summed E-state index contributed by atoms with van der Waals surface area (Å²) in [4.78, 5) is 37.5. The third-order valence-corrected chi connectivity index (χ3v) is 3.86. The molecule has 2 rings (SSSR count). The van der Waals surface area contributed by atoms with E-state index in [2.05, 4.69) is 5.32 Å². The summed E-state index contributed by atoms with van der Waals surface area (Å²) in [5, 5.41) is 2.82. The lowest BCUT2D eigenvalue weighted by Crippen LogP contribution is -2.48. The summed E-state index contributed by atoms with van der Waals surface area (Å²) in [5.74, 6) is -1.60. The average Bonchev–Trinajstić information content (AvgIpc) is 2.55. The molecule has 1 atom stereocenters. The Bertz CT molecular complexity index is 600. The number of piperidine rings is 1. The van der Waals surface area contributed by atoms with Crippen LogP contribution in [0.2, 0.25) is 0 Å². The number of urea groups is 1. The number of ketones is 1. The van der Waals surface area contributed by atoms with Crippen LogP contribution in [0.5, 0.6) is 0 Å². The first kappa shape index (κ1) is 17.0. The highest BCUT2D eigenvalue weighted by Gasteiger charge is 2.35. The van der Waals surface area contributed by atoms with Crippen LogP contribution in [-0.2, 0) is 20.7 Å². The number of carbonyl (C=O) groups is 3. The molecule has 0 aromatic heterocycles. The van der Waals surface area contributed by atoms with E-state index in [4.69, 9.17) is 4.74 Å². The Morgan fingerprint density at radius 2 is 2.13 bits per heavy atom. The van der Waals surface area contributed by atoms with Gasteiger partial charge >= 0.3 is 12.0 Å². The minimum absolute atomic E-state index is 0.0664. The zero-order chi connectivity index (χ0) is 16.8. The largest absolute Gasteiger partial charge is 0.465 e. The zero-order valence-electron chi connectivity index (χ0n) is 13.5. The Kier molecular flexibility index (Phi) is 5.73. The molecule has 124 valence electrons. The molecule has 1 fully saturated rings. The van der Waals surface area contributed by atoms with E-state index in [-0.39, 0.29) is 31.4 Å². The van der Waals surface area contributed by atoms with Crippen molar-refractivity contribution in [1.29, 1.82) is 0 Å². The van der Waals surface area contributed by atoms with Crippen LogP contribution in [-0.4, -0.2) is 42.4 Å². The summed E-state index contributed by atoms with van der Waals surface area (Å²) in [6, 6.07) is 7.30. The van der Waals surface area contributed by atoms with Crippen LogP contribution in [0.1, 0.15) is 25.8 Å². The highest BCUT2D eigenvalue weighted by molar-refractivity contribution is 6.01. The van der Waals surface area contributed by atoms with Crippen molar-refractivity contribution in [2.75, 3.05) is 25.0 Å². The third kappa shape index (κ3) is 4.31. The first-order valence-electron chi connectivity index (χ1n) is 7.89. The minimum atomic E-state index is -0.878. The van der Waals surface area contributed by atoms with E-state index in [0.717, 1.165) is 12.0 Å². The van der Waals surface area contributed by atoms with Gasteiger partial charge in [0.1, 0.15) is 5.92 Å². The number of rotatable bonds is 4. The number of Topliss-reactive ketones (excluding diaryl/α,β-unsaturated/α-hetero) is 1. The Morgan fingerprint density at radius 3 is 2.83 bits per heavy atom. The smallest absolute Gasteiger partial charge is 0.321 e. The van der Waals surface area contributed by atoms with Crippen LogP contribution in [0.3, 0.4) is 0 Å². The fourth-order valence-electron chi connectivity index (χ4n) is 2.54. The maximum absolute atomic E-state index is 12.4. The molecule has 2 amide bonds. The second-order valence-electron chi connectivity index (χ2n) is 5.45. The van der Waals surface area contributed by atoms with Crippen molar-refractivity contribution < 1.29 is 19.1 Å². The van der Waals surface area contributed by atoms with Crippen molar-refractivity contribution in [2.24, 2.45) is 5.92 Å². The van der Waals surface area contributed by atoms with Gasteiger partial charge in [0, 0.05) is 25.2 Å². The number of benzene rings is 1. The van der Waals surface area contributed by atoms with Gasteiger partial charge in [0.2, 0.25) is 0 Å². The van der Waals surface area contributed by atoms with Gasteiger partial charge in [-0.05, 0) is 31.0 Å².